The molecular weight excluding hydrogens is 448 g/mol. The van der Waals surface area contributed by atoms with Crippen molar-refractivity contribution < 1.29 is 0 Å². The van der Waals surface area contributed by atoms with Crippen LogP contribution in [0.3, 0.4) is 0 Å². The van der Waals surface area contributed by atoms with E-state index in [0.29, 0.717) is 23.9 Å². The van der Waals surface area contributed by atoms with Crippen LogP contribution in [0.2, 0.25) is 26.2 Å². The second kappa shape index (κ2) is 15.1. The quantitative estimate of drug-likeness (QED) is 0.501. The molecule has 0 aromatic heterocycles. The molecule has 0 amide bonds. The zero-order valence-electron chi connectivity index (χ0n) is 23.1. The fraction of sp³-hybridized carbons (Fsp3) is 0.714. The molecular formula is C28H54Li4N2Si2. The molecule has 3 aliphatic rings. The Labute approximate surface area is 274 Å². The summed E-state index contributed by atoms with van der Waals surface area (Å²) in [5, 5.41) is 3.49. The summed E-state index contributed by atoms with van der Waals surface area (Å²) in [6.45, 7) is 29.1. The molecule has 0 bridgehead atoms. The van der Waals surface area contributed by atoms with E-state index < -0.39 is 16.5 Å². The minimum atomic E-state index is -1.63. The van der Waals surface area contributed by atoms with Crippen molar-refractivity contribution in [1.29, 1.82) is 0 Å². The Bertz CT molecular complexity index is 837. The van der Waals surface area contributed by atoms with E-state index in [1.54, 1.807) is 43.8 Å². The maximum absolute atomic E-state index is 4.23. The molecule has 2 N–H and O–H groups in total. The molecule has 0 spiro atoms. The molecule has 0 aromatic carbocycles. The van der Waals surface area contributed by atoms with E-state index in [-0.39, 0.29) is 75.4 Å². The van der Waals surface area contributed by atoms with Gasteiger partial charge in [-0.25, -0.2) is 0 Å². The Morgan fingerprint density at radius 3 is 0.944 bits per heavy atom. The van der Waals surface area contributed by atoms with Gasteiger partial charge in [-0.1, -0.05) is 72.7 Å². The average Bonchev–Trinajstić information content (AvgIpc) is 3.02. The van der Waals surface area contributed by atoms with Crippen LogP contribution in [0.25, 0.3) is 0 Å². The number of hydrogen-bond donors (Lipinski definition) is 2. The third-order valence-electron chi connectivity index (χ3n) is 9.48. The molecule has 8 heteroatoms. The molecule has 2 nitrogen and oxygen atoms in total. The van der Waals surface area contributed by atoms with Crippen molar-refractivity contribution in [3.05, 3.63) is 43.8 Å². The number of nitrogens with one attached hydrogen (secondary N) is 2. The zero-order chi connectivity index (χ0) is 24.2. The van der Waals surface area contributed by atoms with Crippen LogP contribution in [0.4, 0.5) is 0 Å². The second-order valence-electron chi connectivity index (χ2n) is 12.2. The predicted octanol–water partition coefficient (Wildman–Crippen LogP) is 4.98. The zero-order valence-corrected chi connectivity index (χ0v) is 25.1. The van der Waals surface area contributed by atoms with Crippen LogP contribution in [-0.4, -0.2) is 104 Å². The molecule has 0 aliphatic heterocycles. The summed E-state index contributed by atoms with van der Waals surface area (Å²) in [5.74, 6) is 1.25. The molecule has 3 aliphatic carbocycles. The van der Waals surface area contributed by atoms with Gasteiger partial charge in [0.25, 0.3) is 0 Å². The molecule has 0 aromatic rings. The molecule has 1 saturated carbocycles. The molecule has 1 fully saturated rings. The Kier molecular flexibility index (Phi) is 16.7. The monoisotopic (exact) mass is 502 g/mol. The number of allylic oxidation sites excluding steroid dienone is 8. The van der Waals surface area contributed by atoms with Crippen LogP contribution in [0.1, 0.15) is 81.1 Å². The van der Waals surface area contributed by atoms with Crippen molar-refractivity contribution in [1.82, 2.24) is 9.96 Å². The van der Waals surface area contributed by atoms with Crippen molar-refractivity contribution >= 4 is 91.9 Å². The fourth-order valence-electron chi connectivity index (χ4n) is 7.31. The van der Waals surface area contributed by atoms with Gasteiger partial charge >= 0.3 is 75.4 Å². The van der Waals surface area contributed by atoms with Gasteiger partial charge in [0.05, 0.1) is 0 Å². The van der Waals surface area contributed by atoms with E-state index in [0.717, 1.165) is 0 Å². The number of hydrogen-bond acceptors (Lipinski definition) is 2. The van der Waals surface area contributed by atoms with Gasteiger partial charge in [-0.15, -0.1) is 0 Å². The van der Waals surface area contributed by atoms with Gasteiger partial charge in [-0.05, 0) is 90.2 Å². The number of rotatable bonds is 6. The molecule has 36 heavy (non-hydrogen) atoms. The molecule has 0 saturated heterocycles. The van der Waals surface area contributed by atoms with Crippen molar-refractivity contribution in [2.45, 2.75) is 119 Å². The van der Waals surface area contributed by atoms with Crippen LogP contribution in [-0.2, 0) is 0 Å². The Morgan fingerprint density at radius 2 is 0.750 bits per heavy atom. The van der Waals surface area contributed by atoms with Crippen molar-refractivity contribution in [3.8, 4) is 0 Å². The van der Waals surface area contributed by atoms with E-state index in [9.17, 15) is 0 Å². The van der Waals surface area contributed by atoms with Gasteiger partial charge in [-0.3, -0.25) is 0 Å². The third-order valence-corrected chi connectivity index (χ3v) is 16.1. The van der Waals surface area contributed by atoms with Crippen LogP contribution in [0, 0.1) is 11.8 Å². The topological polar surface area (TPSA) is 24.1 Å². The fourth-order valence-corrected chi connectivity index (χ4v) is 15.1. The van der Waals surface area contributed by atoms with Crippen LogP contribution in [0.5, 0.6) is 0 Å². The molecule has 188 valence electrons. The van der Waals surface area contributed by atoms with Crippen LogP contribution >= 0.6 is 0 Å². The van der Waals surface area contributed by atoms with Gasteiger partial charge in [-0.2, -0.15) is 0 Å². The summed E-state index contributed by atoms with van der Waals surface area (Å²) < 4.78 is 0. The van der Waals surface area contributed by atoms with Crippen LogP contribution in [0.15, 0.2) is 43.8 Å². The average molecular weight is 503 g/mol. The van der Waals surface area contributed by atoms with Crippen LogP contribution < -0.4 is 9.96 Å². The first-order valence-corrected chi connectivity index (χ1v) is 19.0. The molecule has 2 atom stereocenters. The Balaban J connectivity index is 0. The molecule has 2 unspecified atom stereocenters. The second-order valence-corrected chi connectivity index (χ2v) is 20.4. The van der Waals surface area contributed by atoms with Gasteiger partial charge in [0.1, 0.15) is 16.5 Å². The summed E-state index contributed by atoms with van der Waals surface area (Å²) in [4.78, 5) is 8.45. The van der Waals surface area contributed by atoms with Gasteiger partial charge < -0.3 is 9.96 Å². The first kappa shape index (κ1) is 39.8. The van der Waals surface area contributed by atoms with Crippen molar-refractivity contribution in [2.75, 3.05) is 0 Å². The summed E-state index contributed by atoms with van der Waals surface area (Å²) in [7, 11) is -3.26. The summed E-state index contributed by atoms with van der Waals surface area (Å²) in [6, 6.07) is 1.37. The van der Waals surface area contributed by atoms with Gasteiger partial charge in [0, 0.05) is 12.1 Å². The standard InChI is InChI=1S/C28H50N2Si2.4Li.4H/c1-17-18(2)22(6)27(21(17)5)31(9,10)29-25-13-15-26(16-14-25)30-32(11,12)28-23(7)19(3)20(4)24(28)8;;;;;;;;/h21,23,25-26,29-30H,13-16H2,1-12H3;;;;;;;;/t21?,23?,25-,26-;;;;;;;;. The van der Waals surface area contributed by atoms with Crippen molar-refractivity contribution in [2.24, 2.45) is 11.8 Å². The van der Waals surface area contributed by atoms with Gasteiger partial charge in [0.2, 0.25) is 0 Å². The summed E-state index contributed by atoms with van der Waals surface area (Å²) in [5.41, 5.74) is 9.42. The van der Waals surface area contributed by atoms with E-state index in [4.69, 9.17) is 0 Å². The van der Waals surface area contributed by atoms with E-state index in [1.165, 1.54) is 25.7 Å². The molecule has 0 heterocycles. The van der Waals surface area contributed by atoms with Crippen molar-refractivity contribution in [3.63, 3.8) is 0 Å². The Hall–Kier alpha value is 1.70. The van der Waals surface area contributed by atoms with E-state index in [2.05, 4.69) is 91.5 Å². The normalized spacial score (nSPS) is 27.0. The molecule has 0 radical (unpaired) electrons. The van der Waals surface area contributed by atoms with E-state index in [1.807, 2.05) is 0 Å². The first-order chi connectivity index (χ1) is 14.7. The summed E-state index contributed by atoms with van der Waals surface area (Å²) >= 11 is 0. The van der Waals surface area contributed by atoms with Gasteiger partial charge in [0.15, 0.2) is 0 Å². The minimum absolute atomic E-state index is 0. The molecule has 3 rings (SSSR count). The maximum atomic E-state index is 4.23. The third kappa shape index (κ3) is 7.92. The Morgan fingerprint density at radius 1 is 0.500 bits per heavy atom. The first-order valence-electron chi connectivity index (χ1n) is 13.0. The predicted molar refractivity (Wildman–Crippen MR) is 176 cm³/mol. The SMILES string of the molecule is CC1=C(C)C(C)C([Si](C)(C)N[C@H]2CC[C@H](N[Si](C)(C)C3=C(C)C(C)=C(C)C3C)CC2)=C1C.[LiH].[LiH].[LiH].[LiH]. The summed E-state index contributed by atoms with van der Waals surface area (Å²) in [6.07, 6.45) is 5.26. The van der Waals surface area contributed by atoms with E-state index >= 15 is 0 Å².